The average molecular weight is 300 g/mol. The molecule has 0 bridgehead atoms. The van der Waals surface area contributed by atoms with Crippen molar-refractivity contribution < 1.29 is 9.90 Å². The minimum atomic E-state index is -1.24. The van der Waals surface area contributed by atoms with Crippen molar-refractivity contribution in [1.82, 2.24) is 15.0 Å². The van der Waals surface area contributed by atoms with Crippen molar-refractivity contribution in [1.29, 1.82) is 0 Å². The van der Waals surface area contributed by atoms with E-state index in [1.54, 1.807) is 22.8 Å². The number of fused-ring (bicyclic) bond motifs is 1. The van der Waals surface area contributed by atoms with Gasteiger partial charge < -0.3 is 9.67 Å². The lowest BCUT2D eigenvalue weighted by molar-refractivity contribution is 0.0695. The van der Waals surface area contributed by atoms with Gasteiger partial charge in [0.15, 0.2) is 0 Å². The Hall–Kier alpha value is -2.67. The summed E-state index contributed by atoms with van der Waals surface area (Å²) in [5, 5.41) is 11.4. The van der Waals surface area contributed by atoms with E-state index in [0.29, 0.717) is 23.4 Å². The summed E-state index contributed by atoms with van der Waals surface area (Å²) in [6.45, 7) is 5.77. The third kappa shape index (κ3) is 2.35. The number of carboxylic acids is 1. The third-order valence-corrected chi connectivity index (χ3v) is 3.60. The van der Waals surface area contributed by atoms with Crippen LogP contribution in [-0.4, -0.2) is 33.7 Å². The summed E-state index contributed by atoms with van der Waals surface area (Å²) >= 11 is 0. The minimum Gasteiger partial charge on any atom is -0.477 e. The van der Waals surface area contributed by atoms with Crippen LogP contribution < -0.4 is 15.9 Å². The molecule has 7 nitrogen and oxygen atoms in total. The molecule has 0 radical (unpaired) electrons. The Morgan fingerprint density at radius 2 is 2.32 bits per heavy atom. The van der Waals surface area contributed by atoms with E-state index in [1.807, 2.05) is 5.01 Å². The molecule has 0 unspecified atom stereocenters. The van der Waals surface area contributed by atoms with Gasteiger partial charge in [0.2, 0.25) is 5.43 Å². The number of aromatic carboxylic acids is 1. The maximum absolute atomic E-state index is 12.3. The van der Waals surface area contributed by atoms with E-state index in [0.717, 1.165) is 19.5 Å². The average Bonchev–Trinajstić information content (AvgIpc) is 3.04. The van der Waals surface area contributed by atoms with E-state index < -0.39 is 11.4 Å². The molecule has 0 aromatic carbocycles. The van der Waals surface area contributed by atoms with Crippen LogP contribution in [0.15, 0.2) is 35.8 Å². The van der Waals surface area contributed by atoms with Gasteiger partial charge in [-0.3, -0.25) is 9.80 Å². The SMILES string of the molecule is C=CCn1cc(C(=O)O)c(=O)c2ccc(N3CCCN3)nc21. The first-order valence-corrected chi connectivity index (χ1v) is 7.01. The molecule has 0 saturated carbocycles. The van der Waals surface area contributed by atoms with Crippen LogP contribution in [0, 0.1) is 0 Å². The number of nitrogens with one attached hydrogen (secondary N) is 1. The monoisotopic (exact) mass is 300 g/mol. The zero-order valence-electron chi connectivity index (χ0n) is 12.0. The Morgan fingerprint density at radius 1 is 1.50 bits per heavy atom. The van der Waals surface area contributed by atoms with Crippen molar-refractivity contribution in [3.05, 3.63) is 46.8 Å². The maximum atomic E-state index is 12.3. The second-order valence-electron chi connectivity index (χ2n) is 5.07. The summed E-state index contributed by atoms with van der Waals surface area (Å²) in [6.07, 6.45) is 3.98. The molecule has 3 heterocycles. The molecule has 1 saturated heterocycles. The van der Waals surface area contributed by atoms with Crippen LogP contribution in [0.1, 0.15) is 16.8 Å². The molecule has 0 atom stereocenters. The lowest BCUT2D eigenvalue weighted by atomic mass is 10.2. The standard InChI is InChI=1S/C15H16N4O3/c1-2-7-18-9-11(15(21)22)13(20)10-4-5-12(17-14(10)18)19-8-3-6-16-19/h2,4-5,9,16H,1,3,6-8H2,(H,21,22). The van der Waals surface area contributed by atoms with Gasteiger partial charge in [-0.1, -0.05) is 6.08 Å². The van der Waals surface area contributed by atoms with E-state index in [2.05, 4.69) is 17.0 Å². The van der Waals surface area contributed by atoms with E-state index in [4.69, 9.17) is 5.11 Å². The van der Waals surface area contributed by atoms with Gasteiger partial charge in [-0.25, -0.2) is 15.2 Å². The van der Waals surface area contributed by atoms with E-state index in [1.165, 1.54) is 6.20 Å². The molecule has 1 aliphatic rings. The number of hydrogen-bond donors (Lipinski definition) is 2. The van der Waals surface area contributed by atoms with Crippen LogP contribution in [0.3, 0.4) is 0 Å². The lowest BCUT2D eigenvalue weighted by Gasteiger charge is -2.18. The Bertz CT molecular complexity index is 806. The Labute approximate surface area is 126 Å². The first kappa shape index (κ1) is 14.3. The summed E-state index contributed by atoms with van der Waals surface area (Å²) in [5.74, 6) is -0.528. The van der Waals surface area contributed by atoms with Gasteiger partial charge in [0.05, 0.1) is 5.39 Å². The molecule has 2 aromatic rings. The van der Waals surface area contributed by atoms with Gasteiger partial charge in [0.25, 0.3) is 0 Å². The molecular formula is C15H16N4O3. The molecule has 0 amide bonds. The summed E-state index contributed by atoms with van der Waals surface area (Å²) in [6, 6.07) is 3.36. The number of pyridine rings is 2. The Kier molecular flexibility index (Phi) is 3.64. The molecular weight excluding hydrogens is 284 g/mol. The number of rotatable bonds is 4. The lowest BCUT2D eigenvalue weighted by Crippen LogP contribution is -2.31. The fourth-order valence-electron chi connectivity index (χ4n) is 2.56. The number of nitrogens with zero attached hydrogens (tertiary/aromatic N) is 3. The smallest absolute Gasteiger partial charge is 0.341 e. The highest BCUT2D eigenvalue weighted by Gasteiger charge is 2.18. The molecule has 3 rings (SSSR count). The zero-order chi connectivity index (χ0) is 15.7. The van der Waals surface area contributed by atoms with Gasteiger partial charge in [-0.05, 0) is 18.6 Å². The number of carbonyl (C=O) groups is 1. The van der Waals surface area contributed by atoms with Crippen molar-refractivity contribution >= 4 is 22.8 Å². The molecule has 2 aromatic heterocycles. The molecule has 1 aliphatic heterocycles. The molecule has 22 heavy (non-hydrogen) atoms. The molecule has 2 N–H and O–H groups in total. The van der Waals surface area contributed by atoms with Crippen molar-refractivity contribution in [3.8, 4) is 0 Å². The van der Waals surface area contributed by atoms with Crippen molar-refractivity contribution in [3.63, 3.8) is 0 Å². The quantitative estimate of drug-likeness (QED) is 0.819. The first-order chi connectivity index (χ1) is 10.6. The number of carboxylic acid groups (broad SMARTS) is 1. The number of anilines is 1. The largest absolute Gasteiger partial charge is 0.477 e. The van der Waals surface area contributed by atoms with Crippen LogP contribution in [-0.2, 0) is 6.54 Å². The highest BCUT2D eigenvalue weighted by molar-refractivity contribution is 5.92. The topological polar surface area (TPSA) is 87.5 Å². The number of allylic oxidation sites excluding steroid dienone is 1. The molecule has 1 fully saturated rings. The van der Waals surface area contributed by atoms with Gasteiger partial charge in [0.1, 0.15) is 17.0 Å². The van der Waals surface area contributed by atoms with E-state index >= 15 is 0 Å². The summed E-state index contributed by atoms with van der Waals surface area (Å²) in [4.78, 5) is 28.0. The van der Waals surface area contributed by atoms with Crippen LogP contribution in [0.2, 0.25) is 0 Å². The van der Waals surface area contributed by atoms with Crippen LogP contribution in [0.25, 0.3) is 11.0 Å². The van der Waals surface area contributed by atoms with Gasteiger partial charge in [-0.15, -0.1) is 6.58 Å². The zero-order valence-corrected chi connectivity index (χ0v) is 12.0. The summed E-state index contributed by atoms with van der Waals surface area (Å²) in [5.41, 5.74) is 2.88. The minimum absolute atomic E-state index is 0.261. The first-order valence-electron chi connectivity index (χ1n) is 7.01. The van der Waals surface area contributed by atoms with Crippen molar-refractivity contribution in [2.45, 2.75) is 13.0 Å². The highest BCUT2D eigenvalue weighted by atomic mass is 16.4. The third-order valence-electron chi connectivity index (χ3n) is 3.60. The molecule has 7 heteroatoms. The van der Waals surface area contributed by atoms with Gasteiger partial charge in [-0.2, -0.15) is 0 Å². The fraction of sp³-hybridized carbons (Fsp3) is 0.267. The molecule has 0 spiro atoms. The van der Waals surface area contributed by atoms with Crippen molar-refractivity contribution in [2.75, 3.05) is 18.1 Å². The number of hydrogen-bond acceptors (Lipinski definition) is 5. The predicted molar refractivity (Wildman–Crippen MR) is 83.1 cm³/mol. The molecule has 114 valence electrons. The highest BCUT2D eigenvalue weighted by Crippen LogP contribution is 2.18. The normalized spacial score (nSPS) is 14.5. The number of hydrazine groups is 1. The Morgan fingerprint density at radius 3 is 2.95 bits per heavy atom. The maximum Gasteiger partial charge on any atom is 0.341 e. The van der Waals surface area contributed by atoms with Crippen LogP contribution in [0.5, 0.6) is 0 Å². The van der Waals surface area contributed by atoms with Gasteiger partial charge in [0, 0.05) is 25.8 Å². The predicted octanol–water partition coefficient (Wildman–Crippen LogP) is 0.995. The Balaban J connectivity index is 2.23. The summed E-state index contributed by atoms with van der Waals surface area (Å²) in [7, 11) is 0. The van der Waals surface area contributed by atoms with Crippen LogP contribution >= 0.6 is 0 Å². The fourth-order valence-corrected chi connectivity index (χ4v) is 2.56. The summed E-state index contributed by atoms with van der Waals surface area (Å²) < 4.78 is 1.63. The van der Waals surface area contributed by atoms with E-state index in [-0.39, 0.29) is 5.56 Å². The molecule has 0 aliphatic carbocycles. The second-order valence-corrected chi connectivity index (χ2v) is 5.07. The van der Waals surface area contributed by atoms with Gasteiger partial charge >= 0.3 is 5.97 Å². The van der Waals surface area contributed by atoms with Crippen molar-refractivity contribution in [2.24, 2.45) is 0 Å². The second kappa shape index (κ2) is 5.61. The number of aromatic nitrogens is 2. The van der Waals surface area contributed by atoms with E-state index in [9.17, 15) is 9.59 Å². The van der Waals surface area contributed by atoms with Crippen LogP contribution in [0.4, 0.5) is 5.82 Å².